The number of carboxylic acids is 1. The van der Waals surface area contributed by atoms with Gasteiger partial charge in [-0.05, 0) is 31.7 Å². The lowest BCUT2D eigenvalue weighted by Gasteiger charge is -2.15. The third kappa shape index (κ3) is 3.23. The fourth-order valence-corrected chi connectivity index (χ4v) is 2.05. The van der Waals surface area contributed by atoms with Crippen LogP contribution in [0.25, 0.3) is 0 Å². The van der Waals surface area contributed by atoms with Gasteiger partial charge in [0.1, 0.15) is 11.8 Å². The molecular weight excluding hydrogens is 230 g/mol. The summed E-state index contributed by atoms with van der Waals surface area (Å²) in [5.41, 5.74) is 1.01. The number of benzene rings is 1. The highest BCUT2D eigenvalue weighted by molar-refractivity contribution is 5.74. The number of carbonyl (C=O) groups is 1. The molecule has 4 heteroatoms. The lowest BCUT2D eigenvalue weighted by Crippen LogP contribution is -2.38. The largest absolute Gasteiger partial charge is 0.494 e. The molecular formula is C14H19NO3. The third-order valence-electron chi connectivity index (χ3n) is 3.14. The summed E-state index contributed by atoms with van der Waals surface area (Å²) in [4.78, 5) is 11.1. The first-order chi connectivity index (χ1) is 8.72. The van der Waals surface area contributed by atoms with Gasteiger partial charge in [-0.2, -0.15) is 0 Å². The summed E-state index contributed by atoms with van der Waals surface area (Å²) in [6, 6.07) is 7.30. The average Bonchev–Trinajstić information content (AvgIpc) is 3.16. The summed E-state index contributed by atoms with van der Waals surface area (Å²) in [7, 11) is 0. The van der Waals surface area contributed by atoms with Gasteiger partial charge in [0.15, 0.2) is 0 Å². The predicted molar refractivity (Wildman–Crippen MR) is 68.6 cm³/mol. The molecule has 0 aliphatic heterocycles. The van der Waals surface area contributed by atoms with E-state index in [0.717, 1.165) is 24.2 Å². The number of carboxylic acid groups (broad SMARTS) is 1. The molecule has 1 aromatic rings. The van der Waals surface area contributed by atoms with Gasteiger partial charge < -0.3 is 9.84 Å². The number of para-hydroxylation sites is 1. The number of rotatable bonds is 7. The number of hydrogen-bond acceptors (Lipinski definition) is 3. The van der Waals surface area contributed by atoms with E-state index >= 15 is 0 Å². The van der Waals surface area contributed by atoms with Gasteiger partial charge in [0.05, 0.1) is 6.61 Å². The number of ether oxygens (including phenoxy) is 1. The molecule has 18 heavy (non-hydrogen) atoms. The normalized spacial score (nSPS) is 16.3. The smallest absolute Gasteiger partial charge is 0.320 e. The SMILES string of the molecule is CCOc1ccccc1CNC(C(=O)O)C1CC1. The van der Waals surface area contributed by atoms with E-state index in [4.69, 9.17) is 9.84 Å². The Morgan fingerprint density at radius 2 is 2.22 bits per heavy atom. The summed E-state index contributed by atoms with van der Waals surface area (Å²) in [6.45, 7) is 3.08. The Kier molecular flexibility index (Phi) is 4.20. The Bertz CT molecular complexity index is 415. The number of hydrogen-bond donors (Lipinski definition) is 2. The van der Waals surface area contributed by atoms with Gasteiger partial charge >= 0.3 is 5.97 Å². The van der Waals surface area contributed by atoms with E-state index in [1.807, 2.05) is 31.2 Å². The molecule has 1 aliphatic carbocycles. The fraction of sp³-hybridized carbons (Fsp3) is 0.500. The lowest BCUT2D eigenvalue weighted by molar-refractivity contribution is -0.140. The van der Waals surface area contributed by atoms with Gasteiger partial charge in [0.25, 0.3) is 0 Å². The van der Waals surface area contributed by atoms with Crippen LogP contribution < -0.4 is 10.1 Å². The van der Waals surface area contributed by atoms with Crippen LogP contribution in [0.3, 0.4) is 0 Å². The van der Waals surface area contributed by atoms with Gasteiger partial charge in [-0.15, -0.1) is 0 Å². The molecule has 1 aromatic carbocycles. The first-order valence-electron chi connectivity index (χ1n) is 6.39. The molecule has 4 nitrogen and oxygen atoms in total. The average molecular weight is 249 g/mol. The topological polar surface area (TPSA) is 58.6 Å². The molecule has 0 radical (unpaired) electrons. The summed E-state index contributed by atoms with van der Waals surface area (Å²) in [5.74, 6) is 0.362. The summed E-state index contributed by atoms with van der Waals surface area (Å²) in [6.07, 6.45) is 2.02. The van der Waals surface area contributed by atoms with E-state index in [2.05, 4.69) is 5.32 Å². The Balaban J connectivity index is 1.98. The van der Waals surface area contributed by atoms with E-state index in [1.54, 1.807) is 0 Å². The van der Waals surface area contributed by atoms with Crippen molar-refractivity contribution < 1.29 is 14.6 Å². The monoisotopic (exact) mass is 249 g/mol. The maximum Gasteiger partial charge on any atom is 0.320 e. The zero-order valence-electron chi connectivity index (χ0n) is 10.6. The molecule has 1 saturated carbocycles. The zero-order chi connectivity index (χ0) is 13.0. The van der Waals surface area contributed by atoms with Gasteiger partial charge in [-0.3, -0.25) is 10.1 Å². The molecule has 1 fully saturated rings. The van der Waals surface area contributed by atoms with Crippen molar-refractivity contribution in [3.8, 4) is 5.75 Å². The van der Waals surface area contributed by atoms with Crippen molar-refractivity contribution in [3.63, 3.8) is 0 Å². The Morgan fingerprint density at radius 3 is 2.83 bits per heavy atom. The van der Waals surface area contributed by atoms with Gasteiger partial charge in [-0.1, -0.05) is 18.2 Å². The minimum Gasteiger partial charge on any atom is -0.494 e. The first-order valence-corrected chi connectivity index (χ1v) is 6.39. The van der Waals surface area contributed by atoms with E-state index < -0.39 is 12.0 Å². The summed E-state index contributed by atoms with van der Waals surface area (Å²) < 4.78 is 5.52. The van der Waals surface area contributed by atoms with Crippen LogP contribution in [-0.2, 0) is 11.3 Å². The molecule has 0 bridgehead atoms. The van der Waals surface area contributed by atoms with Crippen LogP contribution in [0.15, 0.2) is 24.3 Å². The highest BCUT2D eigenvalue weighted by Crippen LogP contribution is 2.33. The van der Waals surface area contributed by atoms with Crippen molar-refractivity contribution in [3.05, 3.63) is 29.8 Å². The van der Waals surface area contributed by atoms with Crippen molar-refractivity contribution in [2.75, 3.05) is 6.61 Å². The maximum absolute atomic E-state index is 11.1. The second-order valence-corrected chi connectivity index (χ2v) is 4.57. The molecule has 0 saturated heterocycles. The van der Waals surface area contributed by atoms with Crippen molar-refractivity contribution >= 4 is 5.97 Å². The van der Waals surface area contributed by atoms with Gasteiger partial charge in [-0.25, -0.2) is 0 Å². The van der Waals surface area contributed by atoms with E-state index in [0.29, 0.717) is 19.1 Å². The fourth-order valence-electron chi connectivity index (χ4n) is 2.05. The van der Waals surface area contributed by atoms with Crippen LogP contribution in [0, 0.1) is 5.92 Å². The second-order valence-electron chi connectivity index (χ2n) is 4.57. The van der Waals surface area contributed by atoms with Crippen LogP contribution in [0.2, 0.25) is 0 Å². The minimum absolute atomic E-state index is 0.293. The van der Waals surface area contributed by atoms with Crippen LogP contribution in [0.4, 0.5) is 0 Å². The minimum atomic E-state index is -0.758. The van der Waals surface area contributed by atoms with Gasteiger partial charge in [0, 0.05) is 12.1 Å². The molecule has 1 atom stereocenters. The zero-order valence-corrected chi connectivity index (χ0v) is 10.6. The second kappa shape index (κ2) is 5.87. The van der Waals surface area contributed by atoms with Crippen molar-refractivity contribution in [1.82, 2.24) is 5.32 Å². The molecule has 0 amide bonds. The molecule has 1 aliphatic rings. The van der Waals surface area contributed by atoms with Crippen LogP contribution in [0.5, 0.6) is 5.75 Å². The number of nitrogens with one attached hydrogen (secondary N) is 1. The van der Waals surface area contributed by atoms with Crippen molar-refractivity contribution in [2.24, 2.45) is 5.92 Å². The standard InChI is InChI=1S/C14H19NO3/c1-2-18-12-6-4-3-5-11(12)9-15-13(14(16)17)10-7-8-10/h3-6,10,13,15H,2,7-9H2,1H3,(H,16,17). The van der Waals surface area contributed by atoms with E-state index in [-0.39, 0.29) is 0 Å². The van der Waals surface area contributed by atoms with Crippen molar-refractivity contribution in [2.45, 2.75) is 32.4 Å². The Labute approximate surface area is 107 Å². The lowest BCUT2D eigenvalue weighted by atomic mass is 10.1. The summed E-state index contributed by atoms with van der Waals surface area (Å²) in [5, 5.41) is 12.3. The third-order valence-corrected chi connectivity index (χ3v) is 3.14. The highest BCUT2D eigenvalue weighted by Gasteiger charge is 2.35. The molecule has 2 rings (SSSR count). The van der Waals surface area contributed by atoms with Crippen LogP contribution in [0.1, 0.15) is 25.3 Å². The van der Waals surface area contributed by atoms with Crippen LogP contribution >= 0.6 is 0 Å². The molecule has 98 valence electrons. The Hall–Kier alpha value is -1.55. The molecule has 1 unspecified atom stereocenters. The molecule has 0 spiro atoms. The summed E-state index contributed by atoms with van der Waals surface area (Å²) >= 11 is 0. The van der Waals surface area contributed by atoms with Crippen molar-refractivity contribution in [1.29, 1.82) is 0 Å². The van der Waals surface area contributed by atoms with E-state index in [1.165, 1.54) is 0 Å². The predicted octanol–water partition coefficient (Wildman–Crippen LogP) is 2.04. The quantitative estimate of drug-likeness (QED) is 0.776. The molecule has 0 aromatic heterocycles. The van der Waals surface area contributed by atoms with Crippen LogP contribution in [-0.4, -0.2) is 23.7 Å². The maximum atomic E-state index is 11.1. The molecule has 2 N–H and O–H groups in total. The molecule has 0 heterocycles. The van der Waals surface area contributed by atoms with E-state index in [9.17, 15) is 4.79 Å². The van der Waals surface area contributed by atoms with Gasteiger partial charge in [0.2, 0.25) is 0 Å². The highest BCUT2D eigenvalue weighted by atomic mass is 16.5. The number of aliphatic carboxylic acids is 1. The Morgan fingerprint density at radius 1 is 1.50 bits per heavy atom. The first kappa shape index (κ1) is 12.9.